The summed E-state index contributed by atoms with van der Waals surface area (Å²) in [5.41, 5.74) is 47.1. The van der Waals surface area contributed by atoms with Crippen LogP contribution in [0.3, 0.4) is 0 Å². The van der Waals surface area contributed by atoms with E-state index in [0.717, 1.165) is 56.2 Å². The van der Waals surface area contributed by atoms with E-state index in [0.29, 0.717) is 17.5 Å². The molecule has 0 fully saturated rings. The molecule has 5 aromatic heterocycles. The standard InChI is InChI=1S/C51H32S.C48H29N3S.C43H26N2S/c1-3-14-33(15-4-1)37-30-38(34-16-5-2-6-17-34)32-39(31-37)35-26-28-36(29-27-35)40-21-13-22-42-41-18-7-10-23-45(41)51(49(40)42)46-24-11-8-19-43(46)48-44-20-9-12-25-47(44)52-50(48)51;1-3-15-30(16-4-1)45-49-46(31-17-5-2-6-18-31)51-47(50-45)33-20-13-19-32(29-33)34-24-14-27-40-42(34)43-37-23-9-12-28-41(37)52-44(43)48(40)38-25-10-7-21-35(38)36-22-8-11-26-39(36)48;1-3-14-27(15-4-1)36-26-37(28-16-5-2-6-17-28)45-42(44-36)32-21-13-24-35-39(32)29-18-7-10-22-33(29)43(35)34-23-11-8-19-30(34)40-31-20-9-12-25-38(31)46-41(40)43/h1-32H;1-29H;1-26H. The number of benzene rings is 21. The number of fused-ring (bicyclic) bond motifs is 36. The summed E-state index contributed by atoms with van der Waals surface area (Å²) < 4.78 is 3.99. The van der Waals surface area contributed by atoms with Gasteiger partial charge in [-0.05, 0) is 204 Å². The molecule has 3 spiro atoms. The van der Waals surface area contributed by atoms with E-state index in [2.05, 4.69) is 479 Å². The van der Waals surface area contributed by atoms with Crippen LogP contribution in [0, 0.1) is 0 Å². The first kappa shape index (κ1) is 87.0. The second kappa shape index (κ2) is 34.9. The van der Waals surface area contributed by atoms with E-state index < -0.39 is 10.8 Å². The fourth-order valence-corrected chi connectivity index (χ4v) is 29.9. The average molecular weight is 1960 g/mol. The van der Waals surface area contributed by atoms with E-state index in [1.165, 1.54) is 212 Å². The minimum Gasteiger partial charge on any atom is -0.228 e. The minimum atomic E-state index is -0.406. The molecular weight excluding hydrogens is 1870 g/mol. The lowest BCUT2D eigenvalue weighted by molar-refractivity contribution is 0.812. The van der Waals surface area contributed by atoms with Crippen molar-refractivity contribution < 1.29 is 0 Å². The van der Waals surface area contributed by atoms with Crippen LogP contribution in [-0.4, -0.2) is 24.9 Å². The van der Waals surface area contributed by atoms with Gasteiger partial charge in [0.1, 0.15) is 0 Å². The Morgan fingerprint density at radius 2 is 0.420 bits per heavy atom. The summed E-state index contributed by atoms with van der Waals surface area (Å²) in [7, 11) is 0. The lowest BCUT2D eigenvalue weighted by Gasteiger charge is -2.31. The highest BCUT2D eigenvalue weighted by Crippen LogP contribution is 2.72. The summed E-state index contributed by atoms with van der Waals surface area (Å²) in [6.45, 7) is 0. The Labute approximate surface area is 881 Å². The lowest BCUT2D eigenvalue weighted by Crippen LogP contribution is -2.25. The van der Waals surface area contributed by atoms with Crippen LogP contribution in [0.25, 0.3) is 221 Å². The van der Waals surface area contributed by atoms with Gasteiger partial charge in [-0.2, -0.15) is 0 Å². The van der Waals surface area contributed by atoms with Crippen LogP contribution >= 0.6 is 34.0 Å². The summed E-state index contributed by atoms with van der Waals surface area (Å²) in [6, 6.07) is 191. The molecule has 21 aromatic carbocycles. The smallest absolute Gasteiger partial charge is 0.164 e. The molecule has 0 saturated heterocycles. The Morgan fingerprint density at radius 3 is 0.893 bits per heavy atom. The van der Waals surface area contributed by atoms with Crippen LogP contribution in [-0.2, 0) is 16.2 Å². The van der Waals surface area contributed by atoms with Crippen molar-refractivity contribution in [2.75, 3.05) is 0 Å². The molecule has 0 saturated carbocycles. The summed E-state index contributed by atoms with van der Waals surface area (Å²) in [4.78, 5) is 29.9. The molecule has 6 aliphatic rings. The van der Waals surface area contributed by atoms with Crippen LogP contribution in [0.4, 0.5) is 0 Å². The van der Waals surface area contributed by atoms with E-state index in [-0.39, 0.29) is 5.41 Å². The fraction of sp³-hybridized carbons (Fsp3) is 0.0211. The molecule has 32 rings (SSSR count). The zero-order chi connectivity index (χ0) is 98.7. The topological polar surface area (TPSA) is 64.5 Å². The molecule has 0 amide bonds. The highest BCUT2D eigenvalue weighted by atomic mass is 32.1. The highest BCUT2D eigenvalue weighted by molar-refractivity contribution is 7.21. The summed E-state index contributed by atoms with van der Waals surface area (Å²) in [5, 5.41) is 4.00. The van der Waals surface area contributed by atoms with Crippen molar-refractivity contribution in [2.45, 2.75) is 16.2 Å². The van der Waals surface area contributed by atoms with Crippen molar-refractivity contribution >= 4 is 64.3 Å². The molecule has 2 unspecified atom stereocenters. The second-order valence-corrected chi connectivity index (χ2v) is 42.7. The molecule has 698 valence electrons. The lowest BCUT2D eigenvalue weighted by atomic mass is 9.71. The first-order valence-corrected chi connectivity index (χ1v) is 53.8. The summed E-state index contributed by atoms with van der Waals surface area (Å²) in [6.07, 6.45) is 0. The van der Waals surface area contributed by atoms with Crippen molar-refractivity contribution in [3.05, 3.63) is 592 Å². The maximum Gasteiger partial charge on any atom is 0.164 e. The molecule has 0 radical (unpaired) electrons. The Hall–Kier alpha value is -18.4. The van der Waals surface area contributed by atoms with Gasteiger partial charge in [-0.15, -0.1) is 34.0 Å². The van der Waals surface area contributed by atoms with Gasteiger partial charge < -0.3 is 0 Å². The van der Waals surface area contributed by atoms with Gasteiger partial charge in [0.2, 0.25) is 0 Å². The van der Waals surface area contributed by atoms with Crippen LogP contribution in [0.5, 0.6) is 0 Å². The van der Waals surface area contributed by atoms with Gasteiger partial charge in [0.05, 0.1) is 27.6 Å². The molecule has 26 aromatic rings. The Bertz CT molecular complexity index is 9750. The third-order valence-corrected chi connectivity index (χ3v) is 35.6. The Balaban J connectivity index is 0.000000104. The van der Waals surface area contributed by atoms with E-state index >= 15 is 0 Å². The van der Waals surface area contributed by atoms with Gasteiger partial charge in [-0.1, -0.05) is 479 Å². The van der Waals surface area contributed by atoms with Crippen LogP contribution in [0.1, 0.15) is 64.7 Å². The normalized spacial score (nSPS) is 14.5. The van der Waals surface area contributed by atoms with E-state index in [1.54, 1.807) is 0 Å². The third-order valence-electron chi connectivity index (χ3n) is 31.7. The van der Waals surface area contributed by atoms with E-state index in [9.17, 15) is 0 Å². The largest absolute Gasteiger partial charge is 0.228 e. The van der Waals surface area contributed by atoms with Gasteiger partial charge in [0.15, 0.2) is 23.3 Å². The van der Waals surface area contributed by atoms with Crippen LogP contribution in [0.2, 0.25) is 0 Å². The van der Waals surface area contributed by atoms with Crippen molar-refractivity contribution in [3.63, 3.8) is 0 Å². The molecule has 6 aliphatic carbocycles. The zero-order valence-electron chi connectivity index (χ0n) is 81.2. The van der Waals surface area contributed by atoms with Crippen molar-refractivity contribution in [1.82, 2.24) is 24.9 Å². The zero-order valence-corrected chi connectivity index (χ0v) is 83.6. The molecule has 0 aliphatic heterocycles. The number of rotatable bonds is 11. The quantitative estimate of drug-likeness (QED) is 0.129. The maximum absolute atomic E-state index is 5.28. The van der Waals surface area contributed by atoms with Gasteiger partial charge in [-0.3, -0.25) is 0 Å². The Morgan fingerprint density at radius 1 is 0.140 bits per heavy atom. The summed E-state index contributed by atoms with van der Waals surface area (Å²) in [5.74, 6) is 2.71. The SMILES string of the molecule is c1ccc(-c2cc(-c3ccccc3)cc(-c3ccc(-c4cccc5c4C4(c6ccccc6-5)c5ccccc5-c5c4sc4ccccc54)cc3)c2)cc1.c1ccc(-c2cc(-c3ccccc3)nc(-c3cccc4c3-c3ccccc3C43c4ccccc4-c4c3sc3ccccc43)n2)cc1.c1ccc(-c2nc(-c3ccccc3)nc(-c3cccc(-c4cccc5c4-c4c(sc6ccccc46)C54c5ccccc5-c5ccccc54)c3)n2)cc1. The minimum absolute atomic E-state index is 0.384. The third kappa shape index (κ3) is 13.2. The number of hydrogen-bond acceptors (Lipinski definition) is 8. The molecule has 5 heterocycles. The molecule has 8 heteroatoms. The molecule has 0 N–H and O–H groups in total. The molecule has 0 bridgehead atoms. The fourth-order valence-electron chi connectivity index (χ4n) is 25.5. The predicted molar refractivity (Wildman–Crippen MR) is 623 cm³/mol. The number of hydrogen-bond donors (Lipinski definition) is 0. The highest BCUT2D eigenvalue weighted by Gasteiger charge is 2.58. The Kier molecular flexibility index (Phi) is 20.3. The van der Waals surface area contributed by atoms with Crippen molar-refractivity contribution in [2.24, 2.45) is 0 Å². The van der Waals surface area contributed by atoms with Gasteiger partial charge in [-0.25, -0.2) is 24.9 Å². The predicted octanol–water partition coefficient (Wildman–Crippen LogP) is 37.0. The van der Waals surface area contributed by atoms with Crippen LogP contribution in [0.15, 0.2) is 528 Å². The molecule has 2 atom stereocenters. The van der Waals surface area contributed by atoms with E-state index in [4.69, 9.17) is 24.9 Å². The van der Waals surface area contributed by atoms with Gasteiger partial charge in [0, 0.05) is 95.0 Å². The molecule has 5 nitrogen and oxygen atoms in total. The number of aromatic nitrogens is 5. The average Bonchev–Trinajstić information content (AvgIpc) is 1.51. The van der Waals surface area contributed by atoms with Gasteiger partial charge in [0.25, 0.3) is 0 Å². The molecule has 150 heavy (non-hydrogen) atoms. The maximum atomic E-state index is 5.28. The second-order valence-electron chi connectivity index (χ2n) is 39.5. The van der Waals surface area contributed by atoms with Crippen molar-refractivity contribution in [1.29, 1.82) is 0 Å². The van der Waals surface area contributed by atoms with Crippen molar-refractivity contribution in [3.8, 4) is 190 Å². The van der Waals surface area contributed by atoms with Gasteiger partial charge >= 0.3 is 0 Å². The number of thiophene rings is 3. The number of nitrogens with zero attached hydrogens (tertiary/aromatic N) is 5. The first-order valence-electron chi connectivity index (χ1n) is 51.3. The first-order chi connectivity index (χ1) is 74.4. The monoisotopic (exact) mass is 1960 g/mol. The van der Waals surface area contributed by atoms with E-state index in [1.807, 2.05) is 82.5 Å². The molecular formula is C142H87N5S3. The summed E-state index contributed by atoms with van der Waals surface area (Å²) >= 11 is 5.85. The van der Waals surface area contributed by atoms with Crippen LogP contribution < -0.4 is 0 Å².